The van der Waals surface area contributed by atoms with E-state index in [0.717, 1.165) is 12.8 Å². The number of nitrogens with one attached hydrogen (secondary N) is 1. The third-order valence-corrected chi connectivity index (χ3v) is 6.10. The van der Waals surface area contributed by atoms with Crippen molar-refractivity contribution in [2.24, 2.45) is 17.8 Å². The molecule has 0 aromatic heterocycles. The number of carbonyl (C=O) groups excluding carboxylic acids is 2. The van der Waals surface area contributed by atoms with Gasteiger partial charge in [-0.1, -0.05) is 27.2 Å². The van der Waals surface area contributed by atoms with Crippen molar-refractivity contribution in [3.05, 3.63) is 29.3 Å². The van der Waals surface area contributed by atoms with Crippen LogP contribution in [-0.2, 0) is 21.9 Å². The molecule has 1 N–H and O–H groups in total. The number of likely N-dealkylation sites (tertiary alicyclic amines) is 1. The number of carbonyl (C=O) groups is 2. The monoisotopic (exact) mass is 510 g/mol. The molecule has 1 fully saturated rings. The van der Waals surface area contributed by atoms with Crippen LogP contribution in [0, 0.1) is 17.8 Å². The minimum atomic E-state index is -5.01. The molecule has 1 aromatic rings. The van der Waals surface area contributed by atoms with Crippen molar-refractivity contribution in [1.82, 2.24) is 4.90 Å². The van der Waals surface area contributed by atoms with Crippen LogP contribution in [0.2, 0.25) is 0 Å². The summed E-state index contributed by atoms with van der Waals surface area (Å²) in [7, 11) is 0. The molecule has 1 aliphatic rings. The fourth-order valence-electron chi connectivity index (χ4n) is 4.16. The lowest BCUT2D eigenvalue weighted by Crippen LogP contribution is -2.40. The molecular formula is C24H32F6N2O3. The summed E-state index contributed by atoms with van der Waals surface area (Å²) in [6.45, 7) is 7.28. The maximum absolute atomic E-state index is 13.0. The van der Waals surface area contributed by atoms with Gasteiger partial charge in [-0.15, -0.1) is 0 Å². The van der Waals surface area contributed by atoms with Crippen LogP contribution in [0.25, 0.3) is 0 Å². The average Bonchev–Trinajstić information content (AvgIpc) is 2.75. The minimum Gasteiger partial charge on any atom is -0.449 e. The second kappa shape index (κ2) is 12.0. The van der Waals surface area contributed by atoms with Gasteiger partial charge in [0.25, 0.3) is 0 Å². The number of hydrogen-bond donors (Lipinski definition) is 1. The summed E-state index contributed by atoms with van der Waals surface area (Å²) < 4.78 is 82.8. The molecule has 5 nitrogen and oxygen atoms in total. The summed E-state index contributed by atoms with van der Waals surface area (Å²) in [5.74, 6) is 0.882. The van der Waals surface area contributed by atoms with Crippen molar-refractivity contribution in [2.75, 3.05) is 25.0 Å². The summed E-state index contributed by atoms with van der Waals surface area (Å²) >= 11 is 0. The molecule has 0 aliphatic carbocycles. The van der Waals surface area contributed by atoms with Crippen LogP contribution in [0.1, 0.15) is 64.0 Å². The van der Waals surface area contributed by atoms with Gasteiger partial charge in [0.1, 0.15) is 0 Å². The highest BCUT2D eigenvalue weighted by atomic mass is 19.4. The van der Waals surface area contributed by atoms with E-state index in [0.29, 0.717) is 56.3 Å². The highest BCUT2D eigenvalue weighted by Gasteiger charge is 2.37. The topological polar surface area (TPSA) is 58.6 Å². The largest absolute Gasteiger partial charge is 0.449 e. The normalized spacial score (nSPS) is 16.3. The first kappa shape index (κ1) is 28.8. The molecule has 1 aliphatic heterocycles. The summed E-state index contributed by atoms with van der Waals surface area (Å²) in [4.78, 5) is 26.4. The Kier molecular flexibility index (Phi) is 9.85. The fourth-order valence-corrected chi connectivity index (χ4v) is 4.16. The van der Waals surface area contributed by atoms with Crippen molar-refractivity contribution in [1.29, 1.82) is 0 Å². The number of alkyl halides is 6. The fraction of sp³-hybridized carbons (Fsp3) is 0.667. The maximum Gasteiger partial charge on any atom is 0.416 e. The van der Waals surface area contributed by atoms with Crippen LogP contribution in [0.5, 0.6) is 0 Å². The molecule has 0 spiro atoms. The van der Waals surface area contributed by atoms with E-state index in [1.54, 1.807) is 4.90 Å². The molecule has 198 valence electrons. The average molecular weight is 511 g/mol. The lowest BCUT2D eigenvalue weighted by Gasteiger charge is -2.32. The first-order chi connectivity index (χ1) is 16.2. The predicted octanol–water partition coefficient (Wildman–Crippen LogP) is 6.97. The number of halogens is 6. The van der Waals surface area contributed by atoms with E-state index in [-0.39, 0.29) is 24.5 Å². The van der Waals surface area contributed by atoms with Crippen LogP contribution in [-0.4, -0.2) is 36.6 Å². The lowest BCUT2D eigenvalue weighted by molar-refractivity contribution is -0.143. The van der Waals surface area contributed by atoms with Gasteiger partial charge in [0.15, 0.2) is 0 Å². The van der Waals surface area contributed by atoms with Crippen LogP contribution >= 0.6 is 0 Å². The lowest BCUT2D eigenvalue weighted by atomic mass is 9.90. The second-order valence-electron chi connectivity index (χ2n) is 9.45. The number of benzene rings is 1. The quantitative estimate of drug-likeness (QED) is 0.384. The van der Waals surface area contributed by atoms with E-state index in [1.807, 2.05) is 5.32 Å². The Balaban J connectivity index is 1.86. The van der Waals surface area contributed by atoms with Gasteiger partial charge in [0.05, 0.1) is 17.7 Å². The van der Waals surface area contributed by atoms with Gasteiger partial charge < -0.3 is 9.64 Å². The number of piperidine rings is 1. The standard InChI is InChI=1S/C24H32F6N2O3/c1-4-16(9-15(2)3)10-21(33)32-7-5-17(6-8-32)14-35-22(34)31-20-12-18(23(25,26)27)11-19(13-20)24(28,29)30/h11-13,15-17H,4-10,14H2,1-3H3,(H,31,34). The van der Waals surface area contributed by atoms with Gasteiger partial charge in [-0.05, 0) is 55.2 Å². The van der Waals surface area contributed by atoms with Gasteiger partial charge >= 0.3 is 18.4 Å². The van der Waals surface area contributed by atoms with Gasteiger partial charge in [-0.2, -0.15) is 26.3 Å². The molecule has 0 saturated carbocycles. The number of anilines is 1. The molecule has 1 atom stereocenters. The first-order valence-electron chi connectivity index (χ1n) is 11.7. The van der Waals surface area contributed by atoms with Crippen LogP contribution in [0.4, 0.5) is 36.8 Å². The molecule has 2 rings (SSSR count). The molecule has 0 radical (unpaired) electrons. The summed E-state index contributed by atoms with van der Waals surface area (Å²) in [6.07, 6.45) is -7.59. The van der Waals surface area contributed by atoms with Gasteiger partial charge in [0.2, 0.25) is 5.91 Å². The molecular weight excluding hydrogens is 478 g/mol. The van der Waals surface area contributed by atoms with Crippen LogP contribution < -0.4 is 5.32 Å². The Morgan fingerprint density at radius 1 is 1.03 bits per heavy atom. The van der Waals surface area contributed by atoms with E-state index in [9.17, 15) is 35.9 Å². The van der Waals surface area contributed by atoms with Crippen molar-refractivity contribution >= 4 is 17.7 Å². The highest BCUT2D eigenvalue weighted by Crippen LogP contribution is 2.37. The first-order valence-corrected chi connectivity index (χ1v) is 11.7. The minimum absolute atomic E-state index is 0.0167. The maximum atomic E-state index is 13.0. The zero-order valence-corrected chi connectivity index (χ0v) is 20.1. The number of hydrogen-bond acceptors (Lipinski definition) is 3. The smallest absolute Gasteiger partial charge is 0.416 e. The van der Waals surface area contributed by atoms with E-state index in [1.165, 1.54) is 0 Å². The predicted molar refractivity (Wildman–Crippen MR) is 119 cm³/mol. The van der Waals surface area contributed by atoms with E-state index in [2.05, 4.69) is 20.8 Å². The molecule has 11 heteroatoms. The molecule has 1 unspecified atom stereocenters. The zero-order chi connectivity index (χ0) is 26.4. The summed E-state index contributed by atoms with van der Waals surface area (Å²) in [5, 5.41) is 1.95. The van der Waals surface area contributed by atoms with Crippen molar-refractivity contribution in [3.8, 4) is 0 Å². The van der Waals surface area contributed by atoms with E-state index in [4.69, 9.17) is 4.74 Å². The Hall–Kier alpha value is -2.46. The molecule has 2 amide bonds. The van der Waals surface area contributed by atoms with E-state index >= 15 is 0 Å². The Morgan fingerprint density at radius 3 is 2.03 bits per heavy atom. The molecule has 1 saturated heterocycles. The summed E-state index contributed by atoms with van der Waals surface area (Å²) in [5.41, 5.74) is -3.72. The number of rotatable bonds is 8. The highest BCUT2D eigenvalue weighted by molar-refractivity contribution is 5.85. The molecule has 35 heavy (non-hydrogen) atoms. The molecule has 0 bridgehead atoms. The Labute approximate surface area is 201 Å². The third kappa shape index (κ3) is 9.25. The number of ether oxygens (including phenoxy) is 1. The molecule has 1 heterocycles. The van der Waals surface area contributed by atoms with E-state index < -0.39 is 35.3 Å². The zero-order valence-electron chi connectivity index (χ0n) is 20.1. The Bertz CT molecular complexity index is 830. The van der Waals surface area contributed by atoms with Gasteiger partial charge in [-0.25, -0.2) is 4.79 Å². The van der Waals surface area contributed by atoms with Gasteiger partial charge in [-0.3, -0.25) is 10.1 Å². The van der Waals surface area contributed by atoms with Crippen molar-refractivity contribution < 1.29 is 40.7 Å². The van der Waals surface area contributed by atoms with Crippen LogP contribution in [0.15, 0.2) is 18.2 Å². The van der Waals surface area contributed by atoms with Crippen molar-refractivity contribution in [3.63, 3.8) is 0 Å². The second-order valence-corrected chi connectivity index (χ2v) is 9.45. The number of nitrogens with zero attached hydrogens (tertiary/aromatic N) is 1. The Morgan fingerprint density at radius 2 is 1.57 bits per heavy atom. The third-order valence-electron chi connectivity index (χ3n) is 6.10. The van der Waals surface area contributed by atoms with Gasteiger partial charge in [0, 0.05) is 25.2 Å². The summed E-state index contributed by atoms with van der Waals surface area (Å²) in [6, 6.07) is 0.823. The van der Waals surface area contributed by atoms with Crippen LogP contribution in [0.3, 0.4) is 0 Å². The van der Waals surface area contributed by atoms with Crippen molar-refractivity contribution in [2.45, 2.75) is 65.2 Å². The molecule has 1 aromatic carbocycles. The number of amides is 2. The SMILES string of the molecule is CCC(CC(=O)N1CCC(COC(=O)Nc2cc(C(F)(F)F)cc(C(F)(F)F)c2)CC1)CC(C)C.